The van der Waals surface area contributed by atoms with Gasteiger partial charge < -0.3 is 18.9 Å². The largest absolute Gasteiger partial charge is 1.00 e. The molecule has 2 aromatic carbocycles. The summed E-state index contributed by atoms with van der Waals surface area (Å²) in [5.41, 5.74) is 1.34. The molecule has 0 aliphatic rings. The zero-order chi connectivity index (χ0) is 20.0. The van der Waals surface area contributed by atoms with E-state index in [-0.39, 0.29) is 33.0 Å². The van der Waals surface area contributed by atoms with Crippen molar-refractivity contribution in [2.75, 3.05) is 14.2 Å². The molecule has 2 aromatic rings. The molecule has 0 amide bonds. The Morgan fingerprint density at radius 3 is 2.29 bits per heavy atom. The Morgan fingerprint density at radius 2 is 1.68 bits per heavy atom. The summed E-state index contributed by atoms with van der Waals surface area (Å²) in [6.07, 6.45) is -0.876. The minimum atomic E-state index is -0.471. The van der Waals surface area contributed by atoms with Crippen LogP contribution < -0.4 is 33.6 Å². The number of aryl methyl sites for hydroxylation is 1. The number of carbonyl (C=O) groups is 1. The summed E-state index contributed by atoms with van der Waals surface area (Å²) in [6, 6.07) is 10.8. The van der Waals surface area contributed by atoms with Crippen molar-refractivity contribution < 1.29 is 42.6 Å². The number of hydrogen-bond acceptors (Lipinski definition) is 5. The Bertz CT molecular complexity index is 782. The Labute approximate surface area is 185 Å². The van der Waals surface area contributed by atoms with Crippen LogP contribution >= 0.6 is 20.2 Å². The molecule has 0 fully saturated rings. The summed E-state index contributed by atoms with van der Waals surface area (Å²) >= 11 is 6.23. The Hall–Kier alpha value is -1.05. The van der Waals surface area contributed by atoms with E-state index in [0.29, 0.717) is 22.1 Å². The molecule has 3 unspecified atom stereocenters. The summed E-state index contributed by atoms with van der Waals surface area (Å²) in [5, 5.41) is 1.20. The number of ether oxygens (including phenoxy) is 4. The molecule has 28 heavy (non-hydrogen) atoms. The van der Waals surface area contributed by atoms with Crippen LogP contribution in [-0.2, 0) is 9.47 Å². The van der Waals surface area contributed by atoms with Crippen molar-refractivity contribution in [2.45, 2.75) is 33.4 Å². The molecule has 2 rings (SSSR count). The van der Waals surface area contributed by atoms with Gasteiger partial charge >= 0.3 is 18.9 Å². The summed E-state index contributed by atoms with van der Waals surface area (Å²) in [6.45, 7) is 5.44. The molecular formula is C20H24ClLiO5P+. The summed E-state index contributed by atoms with van der Waals surface area (Å²) in [5.74, 6) is 1.11. The predicted octanol–water partition coefficient (Wildman–Crippen LogP) is 1.54. The van der Waals surface area contributed by atoms with Gasteiger partial charge in [-0.05, 0) is 53.1 Å². The van der Waals surface area contributed by atoms with Crippen LogP contribution in [0.5, 0.6) is 11.5 Å². The van der Waals surface area contributed by atoms with Crippen molar-refractivity contribution in [3.05, 3.63) is 52.5 Å². The van der Waals surface area contributed by atoms with Crippen molar-refractivity contribution in [1.82, 2.24) is 0 Å². The molecule has 146 valence electrons. The Morgan fingerprint density at radius 1 is 1.04 bits per heavy atom. The molecule has 0 N–H and O–H groups in total. The summed E-state index contributed by atoms with van der Waals surface area (Å²) in [4.78, 5) is 12.9. The van der Waals surface area contributed by atoms with Gasteiger partial charge in [0.25, 0.3) is 0 Å². The third kappa shape index (κ3) is 6.78. The third-order valence-corrected chi connectivity index (χ3v) is 5.38. The van der Waals surface area contributed by atoms with Gasteiger partial charge in [-0.2, -0.15) is 0 Å². The van der Waals surface area contributed by atoms with Crippen molar-refractivity contribution in [3.8, 4) is 11.5 Å². The summed E-state index contributed by atoms with van der Waals surface area (Å²) < 4.78 is 21.8. The molecule has 5 nitrogen and oxygen atoms in total. The second-order valence-corrected chi connectivity index (χ2v) is 7.54. The number of carbonyl (C=O) groups excluding carboxylic acids is 1. The predicted molar refractivity (Wildman–Crippen MR) is 109 cm³/mol. The van der Waals surface area contributed by atoms with E-state index in [2.05, 4.69) is 0 Å². The van der Waals surface area contributed by atoms with Gasteiger partial charge in [-0.3, -0.25) is 4.79 Å². The van der Waals surface area contributed by atoms with Gasteiger partial charge in [-0.25, -0.2) is 0 Å². The molecule has 8 heteroatoms. The first-order chi connectivity index (χ1) is 12.8. The van der Waals surface area contributed by atoms with E-state index in [1.54, 1.807) is 46.3 Å². The van der Waals surface area contributed by atoms with E-state index in [0.717, 1.165) is 10.9 Å². The zero-order valence-corrected chi connectivity index (χ0v) is 18.8. The van der Waals surface area contributed by atoms with Gasteiger partial charge in [0.05, 0.1) is 5.02 Å². The minimum absolute atomic E-state index is 0. The zero-order valence-electron chi connectivity index (χ0n) is 17.0. The molecule has 3 atom stereocenters. The van der Waals surface area contributed by atoms with E-state index in [4.69, 9.17) is 30.5 Å². The molecule has 0 heterocycles. The minimum Gasteiger partial charge on any atom is -0.465 e. The second kappa shape index (κ2) is 11.8. The van der Waals surface area contributed by atoms with Crippen LogP contribution in [-0.4, -0.2) is 32.3 Å². The van der Waals surface area contributed by atoms with Crippen LogP contribution in [0.4, 0.5) is 0 Å². The van der Waals surface area contributed by atoms with Gasteiger partial charge in [-0.1, -0.05) is 23.7 Å². The maximum Gasteiger partial charge on any atom is 1.00 e. The fraction of sp³-hybridized carbons (Fsp3) is 0.350. The molecule has 0 aliphatic heterocycles. The first-order valence-corrected chi connectivity index (χ1v) is 9.83. The van der Waals surface area contributed by atoms with E-state index in [1.807, 2.05) is 25.1 Å². The SMILES string of the molecule is COC(C)Oc1ccc(PC(=O)c2c(C)cccc2Cl)c(OC(C)OC)c1.[Li+]. The molecule has 0 aliphatic carbocycles. The fourth-order valence-electron chi connectivity index (χ4n) is 2.35. The van der Waals surface area contributed by atoms with Crippen LogP contribution in [0.2, 0.25) is 5.02 Å². The van der Waals surface area contributed by atoms with Crippen molar-refractivity contribution in [1.29, 1.82) is 0 Å². The average molecular weight is 418 g/mol. The van der Waals surface area contributed by atoms with Crippen LogP contribution in [0.15, 0.2) is 36.4 Å². The van der Waals surface area contributed by atoms with E-state index in [9.17, 15) is 4.79 Å². The van der Waals surface area contributed by atoms with Gasteiger partial charge in [0.1, 0.15) is 11.5 Å². The average Bonchev–Trinajstić information content (AvgIpc) is 2.63. The second-order valence-electron chi connectivity index (χ2n) is 5.89. The number of methoxy groups -OCH3 is 2. The number of rotatable bonds is 9. The topological polar surface area (TPSA) is 54.0 Å². The number of halogens is 1. The van der Waals surface area contributed by atoms with E-state index >= 15 is 0 Å². The van der Waals surface area contributed by atoms with Gasteiger partial charge in [0, 0.05) is 31.2 Å². The van der Waals surface area contributed by atoms with E-state index < -0.39 is 12.6 Å². The maximum atomic E-state index is 12.9. The number of benzene rings is 2. The summed E-state index contributed by atoms with van der Waals surface area (Å²) in [7, 11) is 2.97. The first-order valence-electron chi connectivity index (χ1n) is 8.45. The van der Waals surface area contributed by atoms with Crippen molar-refractivity contribution >= 4 is 31.0 Å². The third-order valence-electron chi connectivity index (χ3n) is 3.91. The smallest absolute Gasteiger partial charge is 0.465 e. The van der Waals surface area contributed by atoms with Crippen LogP contribution in [0.25, 0.3) is 0 Å². The van der Waals surface area contributed by atoms with Gasteiger partial charge in [0.2, 0.25) is 0 Å². The molecular weight excluding hydrogens is 394 g/mol. The fourth-order valence-corrected chi connectivity index (χ4v) is 3.86. The van der Waals surface area contributed by atoms with Crippen LogP contribution in [0.1, 0.15) is 29.8 Å². The van der Waals surface area contributed by atoms with Crippen molar-refractivity contribution in [3.63, 3.8) is 0 Å². The number of hydrogen-bond donors (Lipinski definition) is 0. The molecule has 0 saturated heterocycles. The van der Waals surface area contributed by atoms with E-state index in [1.165, 1.54) is 0 Å². The Kier molecular flexibility index (Phi) is 10.6. The molecule has 0 saturated carbocycles. The Balaban J connectivity index is 0.00000392. The quantitative estimate of drug-likeness (QED) is 0.352. The molecule has 0 radical (unpaired) electrons. The maximum absolute atomic E-state index is 12.9. The molecule has 0 spiro atoms. The van der Waals surface area contributed by atoms with Crippen LogP contribution in [0, 0.1) is 6.92 Å². The van der Waals surface area contributed by atoms with Crippen LogP contribution in [0.3, 0.4) is 0 Å². The first kappa shape index (κ1) is 25.0. The molecule has 0 aromatic heterocycles. The monoisotopic (exact) mass is 417 g/mol. The normalized spacial score (nSPS) is 13.1. The standard InChI is InChI=1S/C20H24ClO5P.Li/c1-12-7-6-8-16(21)19(12)20(22)27-18-10-9-15(25-13(2)23-4)11-17(18)26-14(3)24-5;/h6-11,13-14,27H,1-5H3;/q;+1. The van der Waals surface area contributed by atoms with Crippen molar-refractivity contribution in [2.24, 2.45) is 0 Å². The van der Waals surface area contributed by atoms with Gasteiger partial charge in [-0.15, -0.1) is 0 Å². The van der Waals surface area contributed by atoms with Gasteiger partial charge in [0.15, 0.2) is 18.1 Å². The molecule has 0 bridgehead atoms.